The van der Waals surface area contributed by atoms with Gasteiger partial charge in [0.15, 0.2) is 0 Å². The van der Waals surface area contributed by atoms with Crippen LogP contribution in [0.25, 0.3) is 0 Å². The Bertz CT molecular complexity index is 613. The van der Waals surface area contributed by atoms with Gasteiger partial charge in [-0.15, -0.1) is 0 Å². The standard InChI is InChI=1S/C13H27N3O3SSi/c1-10(17)11-9-16(20(18,19)15(5)6)12(14-11)21(7,8)13(2,3)4/h9-10,17H,1-8H3. The molecule has 0 fully saturated rings. The maximum Gasteiger partial charge on any atom is 0.308 e. The van der Waals surface area contributed by atoms with Crippen molar-refractivity contribution in [3.8, 4) is 0 Å². The summed E-state index contributed by atoms with van der Waals surface area (Å²) in [6.45, 7) is 12.1. The van der Waals surface area contributed by atoms with Crippen LogP contribution in [0.4, 0.5) is 0 Å². The fraction of sp³-hybridized carbons (Fsp3) is 0.769. The molecule has 0 aliphatic carbocycles. The summed E-state index contributed by atoms with van der Waals surface area (Å²) in [6.07, 6.45) is 0.641. The van der Waals surface area contributed by atoms with Gasteiger partial charge in [0, 0.05) is 20.3 Å². The fourth-order valence-corrected chi connectivity index (χ4v) is 5.26. The van der Waals surface area contributed by atoms with Gasteiger partial charge in [-0.2, -0.15) is 12.7 Å². The Balaban J connectivity index is 3.67. The van der Waals surface area contributed by atoms with E-state index >= 15 is 0 Å². The molecule has 0 radical (unpaired) electrons. The summed E-state index contributed by atoms with van der Waals surface area (Å²) in [5, 5.41) is 9.70. The van der Waals surface area contributed by atoms with Gasteiger partial charge in [0.25, 0.3) is 0 Å². The molecule has 0 saturated carbocycles. The smallest absolute Gasteiger partial charge is 0.308 e. The van der Waals surface area contributed by atoms with Crippen molar-refractivity contribution in [2.24, 2.45) is 0 Å². The molecule has 1 aromatic heterocycles. The molecule has 8 heteroatoms. The molecule has 0 aliphatic heterocycles. The number of imidazole rings is 1. The summed E-state index contributed by atoms with van der Waals surface area (Å²) in [5.74, 6) is 0. The first kappa shape index (κ1) is 18.3. The molecule has 1 heterocycles. The predicted molar refractivity (Wildman–Crippen MR) is 87.7 cm³/mol. The van der Waals surface area contributed by atoms with Crippen molar-refractivity contribution < 1.29 is 13.5 Å². The second-order valence-electron chi connectivity index (χ2n) is 7.13. The quantitative estimate of drug-likeness (QED) is 0.843. The van der Waals surface area contributed by atoms with E-state index in [0.717, 1.165) is 4.31 Å². The van der Waals surface area contributed by atoms with Gasteiger partial charge in [-0.3, -0.25) is 0 Å². The van der Waals surface area contributed by atoms with Crippen LogP contribution in [-0.2, 0) is 10.2 Å². The van der Waals surface area contributed by atoms with Crippen molar-refractivity contribution >= 4 is 23.7 Å². The van der Waals surface area contributed by atoms with E-state index < -0.39 is 24.4 Å². The number of aromatic nitrogens is 2. The van der Waals surface area contributed by atoms with Crippen molar-refractivity contribution in [2.45, 2.75) is 51.9 Å². The van der Waals surface area contributed by atoms with E-state index in [1.54, 1.807) is 6.92 Å². The molecule has 1 rings (SSSR count). The van der Waals surface area contributed by atoms with Crippen LogP contribution in [0.3, 0.4) is 0 Å². The van der Waals surface area contributed by atoms with Gasteiger partial charge >= 0.3 is 10.2 Å². The summed E-state index contributed by atoms with van der Waals surface area (Å²) >= 11 is 0. The van der Waals surface area contributed by atoms with Gasteiger partial charge in [0.1, 0.15) is 13.5 Å². The minimum absolute atomic E-state index is 0.0616. The van der Waals surface area contributed by atoms with E-state index in [2.05, 4.69) is 38.8 Å². The number of hydrogen-bond donors (Lipinski definition) is 1. The number of nitrogens with zero attached hydrogens (tertiary/aromatic N) is 3. The van der Waals surface area contributed by atoms with Crippen LogP contribution in [0.2, 0.25) is 18.1 Å². The average molecular weight is 334 g/mol. The molecule has 1 aromatic rings. The molecule has 0 spiro atoms. The van der Waals surface area contributed by atoms with Gasteiger partial charge in [0.05, 0.1) is 11.8 Å². The van der Waals surface area contributed by atoms with Gasteiger partial charge < -0.3 is 5.11 Å². The van der Waals surface area contributed by atoms with Gasteiger partial charge in [-0.05, 0) is 12.0 Å². The van der Waals surface area contributed by atoms with Gasteiger partial charge in [-0.1, -0.05) is 33.9 Å². The zero-order chi connectivity index (χ0) is 16.8. The van der Waals surface area contributed by atoms with Crippen LogP contribution in [-0.4, -0.2) is 49.0 Å². The van der Waals surface area contributed by atoms with Crippen LogP contribution >= 0.6 is 0 Å². The highest BCUT2D eigenvalue weighted by Crippen LogP contribution is 2.35. The van der Waals surface area contributed by atoms with E-state index in [-0.39, 0.29) is 5.04 Å². The highest BCUT2D eigenvalue weighted by molar-refractivity contribution is 7.87. The van der Waals surface area contributed by atoms with Crippen molar-refractivity contribution in [2.75, 3.05) is 14.1 Å². The van der Waals surface area contributed by atoms with E-state index in [4.69, 9.17) is 0 Å². The highest BCUT2D eigenvalue weighted by atomic mass is 32.2. The SMILES string of the molecule is CC(O)c1cn(S(=O)(=O)N(C)C)c([Si](C)(C)C(C)(C)C)n1. The molecule has 122 valence electrons. The molecule has 0 amide bonds. The molecule has 0 bridgehead atoms. The summed E-state index contributed by atoms with van der Waals surface area (Å²) in [5.41, 5.74) is 0.958. The molecule has 1 unspecified atom stereocenters. The first-order valence-corrected chi connectivity index (χ1v) is 11.3. The fourth-order valence-electron chi connectivity index (χ4n) is 1.69. The Kier molecular flexibility index (Phi) is 4.80. The molecule has 1 atom stereocenters. The van der Waals surface area contributed by atoms with Crippen molar-refractivity contribution in [1.82, 2.24) is 13.3 Å². The van der Waals surface area contributed by atoms with Crippen LogP contribution in [0, 0.1) is 0 Å². The molecular weight excluding hydrogens is 306 g/mol. The molecule has 21 heavy (non-hydrogen) atoms. The van der Waals surface area contributed by atoms with E-state index in [0.29, 0.717) is 11.1 Å². The van der Waals surface area contributed by atoms with Crippen molar-refractivity contribution in [3.63, 3.8) is 0 Å². The second-order valence-corrected chi connectivity index (χ2v) is 14.3. The van der Waals surface area contributed by atoms with Gasteiger partial charge in [-0.25, -0.2) is 8.96 Å². The first-order valence-electron chi connectivity index (χ1n) is 6.93. The molecular formula is C13H27N3O3SSi. The van der Waals surface area contributed by atoms with Crippen LogP contribution in [0.1, 0.15) is 39.5 Å². The number of rotatable bonds is 4. The Morgan fingerprint density at radius 1 is 1.33 bits per heavy atom. The zero-order valence-corrected chi connectivity index (χ0v) is 16.0. The maximum atomic E-state index is 12.6. The summed E-state index contributed by atoms with van der Waals surface area (Å²) in [6, 6.07) is 0. The van der Waals surface area contributed by atoms with E-state index in [1.165, 1.54) is 24.3 Å². The van der Waals surface area contributed by atoms with E-state index in [1.807, 2.05) is 0 Å². The Morgan fingerprint density at radius 2 is 1.81 bits per heavy atom. The number of hydrogen-bond acceptors (Lipinski definition) is 4. The minimum Gasteiger partial charge on any atom is -0.387 e. The van der Waals surface area contributed by atoms with Crippen molar-refractivity contribution in [3.05, 3.63) is 11.9 Å². The Labute approximate surface area is 129 Å². The third kappa shape index (κ3) is 3.23. The highest BCUT2D eigenvalue weighted by Gasteiger charge is 2.43. The minimum atomic E-state index is -3.65. The Morgan fingerprint density at radius 3 is 2.14 bits per heavy atom. The lowest BCUT2D eigenvalue weighted by Crippen LogP contribution is -2.56. The maximum absolute atomic E-state index is 12.6. The predicted octanol–water partition coefficient (Wildman–Crippen LogP) is 1.31. The Hall–Kier alpha value is -0.703. The molecule has 1 N–H and O–H groups in total. The lowest BCUT2D eigenvalue weighted by Gasteiger charge is -2.36. The number of aliphatic hydroxyl groups is 1. The zero-order valence-electron chi connectivity index (χ0n) is 14.2. The molecule has 0 saturated heterocycles. The van der Waals surface area contributed by atoms with Crippen molar-refractivity contribution in [1.29, 1.82) is 0 Å². The lowest BCUT2D eigenvalue weighted by molar-refractivity contribution is 0.195. The topological polar surface area (TPSA) is 75.4 Å². The average Bonchev–Trinajstić information content (AvgIpc) is 2.72. The molecule has 6 nitrogen and oxygen atoms in total. The molecule has 0 aromatic carbocycles. The number of aliphatic hydroxyl groups excluding tert-OH is 1. The van der Waals surface area contributed by atoms with Crippen LogP contribution in [0.5, 0.6) is 0 Å². The summed E-state index contributed by atoms with van der Waals surface area (Å²) < 4.78 is 27.5. The van der Waals surface area contributed by atoms with Gasteiger partial charge in [0.2, 0.25) is 0 Å². The second kappa shape index (κ2) is 5.49. The third-order valence-electron chi connectivity index (χ3n) is 4.27. The normalized spacial score (nSPS) is 15.5. The largest absolute Gasteiger partial charge is 0.387 e. The van der Waals surface area contributed by atoms with Crippen LogP contribution in [0.15, 0.2) is 6.20 Å². The lowest BCUT2D eigenvalue weighted by atomic mass is 10.2. The summed E-state index contributed by atoms with van der Waals surface area (Å²) in [4.78, 5) is 4.47. The van der Waals surface area contributed by atoms with E-state index in [9.17, 15) is 13.5 Å². The third-order valence-corrected chi connectivity index (χ3v) is 11.3. The summed E-state index contributed by atoms with van der Waals surface area (Å²) in [7, 11) is -2.84. The first-order chi connectivity index (χ1) is 9.23. The molecule has 0 aliphatic rings. The monoisotopic (exact) mass is 333 g/mol. The van der Waals surface area contributed by atoms with Crippen LogP contribution < -0.4 is 5.45 Å².